The molecule has 0 spiro atoms. The minimum atomic E-state index is 0. The molecule has 1 saturated heterocycles. The molecule has 1 atom stereocenters. The van der Waals surface area contributed by atoms with Crippen molar-refractivity contribution in [2.75, 3.05) is 13.1 Å². The third-order valence-corrected chi connectivity index (χ3v) is 5.53. The molecule has 1 aliphatic rings. The summed E-state index contributed by atoms with van der Waals surface area (Å²) < 4.78 is 1.85. The van der Waals surface area contributed by atoms with Crippen LogP contribution in [0.1, 0.15) is 24.6 Å². The number of likely N-dealkylation sites (tertiary alicyclic amines) is 1. The zero-order valence-corrected chi connectivity index (χ0v) is 14.9. The third kappa shape index (κ3) is 4.10. The fourth-order valence-electron chi connectivity index (χ4n) is 3.02. The molecule has 0 radical (unpaired) electrons. The highest BCUT2D eigenvalue weighted by Gasteiger charge is 2.22. The van der Waals surface area contributed by atoms with Gasteiger partial charge in [-0.3, -0.25) is 9.58 Å². The topological polar surface area (TPSA) is 47.1 Å². The van der Waals surface area contributed by atoms with E-state index in [0.717, 1.165) is 6.54 Å². The van der Waals surface area contributed by atoms with Gasteiger partial charge in [0.1, 0.15) is 0 Å². The van der Waals surface area contributed by atoms with Crippen LogP contribution < -0.4 is 5.73 Å². The van der Waals surface area contributed by atoms with Crippen molar-refractivity contribution in [2.24, 2.45) is 18.7 Å². The van der Waals surface area contributed by atoms with Gasteiger partial charge in [0, 0.05) is 41.1 Å². The number of rotatable bonds is 4. The number of thiophene rings is 1. The Kier molecular flexibility index (Phi) is 6.03. The first kappa shape index (κ1) is 17.5. The van der Waals surface area contributed by atoms with Crippen molar-refractivity contribution in [2.45, 2.75) is 32.4 Å². The summed E-state index contributed by atoms with van der Waals surface area (Å²) in [5.74, 6) is 0.704. The predicted molar refractivity (Wildman–Crippen MR) is 95.4 cm³/mol. The highest BCUT2D eigenvalue weighted by Crippen LogP contribution is 2.29. The van der Waals surface area contributed by atoms with Crippen molar-refractivity contribution in [3.05, 3.63) is 29.4 Å². The van der Waals surface area contributed by atoms with Gasteiger partial charge in [-0.25, -0.2) is 0 Å². The van der Waals surface area contributed by atoms with Gasteiger partial charge in [0.15, 0.2) is 0 Å². The van der Waals surface area contributed by atoms with Crippen molar-refractivity contribution < 1.29 is 0 Å². The number of nitrogens with two attached hydrogens (primary N) is 1. The Bertz CT molecular complexity index is 584. The molecule has 2 aromatic heterocycles. The Balaban J connectivity index is 0.00000176. The maximum atomic E-state index is 6.01. The number of halogens is 1. The summed E-state index contributed by atoms with van der Waals surface area (Å²) >= 11 is 1.88. The summed E-state index contributed by atoms with van der Waals surface area (Å²) in [6.45, 7) is 5.55. The molecular formula is C16H25ClN4S. The van der Waals surface area contributed by atoms with Crippen LogP contribution in [0.15, 0.2) is 24.5 Å². The van der Waals surface area contributed by atoms with Gasteiger partial charge in [0.2, 0.25) is 0 Å². The lowest BCUT2D eigenvalue weighted by atomic mass is 9.91. The molecule has 2 N–H and O–H groups in total. The van der Waals surface area contributed by atoms with E-state index < -0.39 is 0 Å². The largest absolute Gasteiger partial charge is 0.328 e. The Morgan fingerprint density at radius 2 is 2.09 bits per heavy atom. The summed E-state index contributed by atoms with van der Waals surface area (Å²) in [6.07, 6.45) is 6.48. The van der Waals surface area contributed by atoms with Crippen LogP contribution in [0.3, 0.4) is 0 Å². The SMILES string of the molecule is CC(N)C1CCN(Cc2ccc(-c3cnn(C)c3)s2)CC1.Cl. The molecule has 22 heavy (non-hydrogen) atoms. The standard InChI is InChI=1S/C16H24N4S.ClH/c1-12(17)13-5-7-20(8-6-13)11-15-3-4-16(21-15)14-9-18-19(2)10-14;/h3-4,9-10,12-13H,5-8,11,17H2,1-2H3;1H. The number of aromatic nitrogens is 2. The second kappa shape index (κ2) is 7.59. The molecule has 1 fully saturated rings. The van der Waals surface area contributed by atoms with E-state index in [1.54, 1.807) is 0 Å². The Hall–Kier alpha value is -0.880. The van der Waals surface area contributed by atoms with Gasteiger partial charge < -0.3 is 5.73 Å². The monoisotopic (exact) mass is 340 g/mol. The molecule has 0 saturated carbocycles. The van der Waals surface area contributed by atoms with Crippen LogP contribution in [0.4, 0.5) is 0 Å². The highest BCUT2D eigenvalue weighted by atomic mass is 35.5. The van der Waals surface area contributed by atoms with E-state index >= 15 is 0 Å². The molecule has 2 aromatic rings. The minimum absolute atomic E-state index is 0. The summed E-state index contributed by atoms with van der Waals surface area (Å²) in [5, 5.41) is 4.24. The van der Waals surface area contributed by atoms with E-state index in [0.29, 0.717) is 12.0 Å². The van der Waals surface area contributed by atoms with E-state index in [1.807, 2.05) is 29.3 Å². The maximum absolute atomic E-state index is 6.01. The first-order valence-electron chi connectivity index (χ1n) is 7.67. The van der Waals surface area contributed by atoms with Crippen molar-refractivity contribution in [1.29, 1.82) is 0 Å². The number of nitrogens with zero attached hydrogens (tertiary/aromatic N) is 3. The molecule has 4 nitrogen and oxygen atoms in total. The Labute approximate surface area is 142 Å². The molecule has 3 rings (SSSR count). The van der Waals surface area contributed by atoms with Gasteiger partial charge in [-0.05, 0) is 50.9 Å². The van der Waals surface area contributed by atoms with Gasteiger partial charge in [0.25, 0.3) is 0 Å². The smallest absolute Gasteiger partial charge is 0.0576 e. The van der Waals surface area contributed by atoms with E-state index in [1.165, 1.54) is 41.2 Å². The molecule has 0 amide bonds. The number of hydrogen-bond donors (Lipinski definition) is 1. The van der Waals surface area contributed by atoms with Crippen molar-refractivity contribution in [3.63, 3.8) is 0 Å². The van der Waals surface area contributed by atoms with Crippen LogP contribution in [-0.2, 0) is 13.6 Å². The molecule has 3 heterocycles. The van der Waals surface area contributed by atoms with Gasteiger partial charge in [-0.15, -0.1) is 23.7 Å². The second-order valence-corrected chi connectivity index (χ2v) is 7.31. The molecule has 122 valence electrons. The lowest BCUT2D eigenvalue weighted by Crippen LogP contribution is -2.39. The maximum Gasteiger partial charge on any atom is 0.0576 e. The lowest BCUT2D eigenvalue weighted by molar-refractivity contribution is 0.167. The quantitative estimate of drug-likeness (QED) is 0.930. The molecule has 0 bridgehead atoms. The zero-order valence-electron chi connectivity index (χ0n) is 13.2. The number of piperidine rings is 1. The van der Waals surface area contributed by atoms with Crippen molar-refractivity contribution in [3.8, 4) is 10.4 Å². The molecule has 0 aliphatic carbocycles. The van der Waals surface area contributed by atoms with E-state index in [4.69, 9.17) is 5.73 Å². The average Bonchev–Trinajstić information content (AvgIpc) is 3.08. The zero-order chi connectivity index (χ0) is 14.8. The normalized spacial score (nSPS) is 18.1. The van der Waals surface area contributed by atoms with Crippen molar-refractivity contribution >= 4 is 23.7 Å². The van der Waals surface area contributed by atoms with Gasteiger partial charge in [0.05, 0.1) is 6.20 Å². The third-order valence-electron chi connectivity index (χ3n) is 4.41. The van der Waals surface area contributed by atoms with Crippen molar-refractivity contribution in [1.82, 2.24) is 14.7 Å². The van der Waals surface area contributed by atoms with Crippen LogP contribution in [0.2, 0.25) is 0 Å². The van der Waals surface area contributed by atoms with Gasteiger partial charge in [-0.2, -0.15) is 5.10 Å². The van der Waals surface area contributed by atoms with Crippen LogP contribution in [0.5, 0.6) is 0 Å². The highest BCUT2D eigenvalue weighted by molar-refractivity contribution is 7.15. The molecule has 6 heteroatoms. The van der Waals surface area contributed by atoms with Crippen LogP contribution in [0.25, 0.3) is 10.4 Å². The Morgan fingerprint density at radius 3 is 2.68 bits per heavy atom. The molecule has 0 aromatic carbocycles. The molecule has 1 aliphatic heterocycles. The number of aryl methyl sites for hydroxylation is 1. The molecule has 1 unspecified atom stereocenters. The van der Waals surface area contributed by atoms with Crippen LogP contribution in [0, 0.1) is 5.92 Å². The molecular weight excluding hydrogens is 316 g/mol. The summed E-state index contributed by atoms with van der Waals surface area (Å²) in [4.78, 5) is 5.30. The fourth-order valence-corrected chi connectivity index (χ4v) is 4.05. The van der Waals surface area contributed by atoms with Crippen LogP contribution in [-0.4, -0.2) is 33.8 Å². The second-order valence-electron chi connectivity index (χ2n) is 6.14. The van der Waals surface area contributed by atoms with E-state index in [-0.39, 0.29) is 12.4 Å². The average molecular weight is 341 g/mol. The summed E-state index contributed by atoms with van der Waals surface area (Å²) in [7, 11) is 1.96. The van der Waals surface area contributed by atoms with Gasteiger partial charge in [-0.1, -0.05) is 0 Å². The Morgan fingerprint density at radius 1 is 1.36 bits per heavy atom. The lowest BCUT2D eigenvalue weighted by Gasteiger charge is -2.33. The first-order chi connectivity index (χ1) is 10.1. The first-order valence-corrected chi connectivity index (χ1v) is 8.49. The summed E-state index contributed by atoms with van der Waals surface area (Å²) in [6, 6.07) is 4.81. The minimum Gasteiger partial charge on any atom is -0.328 e. The van der Waals surface area contributed by atoms with E-state index in [2.05, 4.69) is 35.3 Å². The van der Waals surface area contributed by atoms with E-state index in [9.17, 15) is 0 Å². The predicted octanol–water partition coefficient (Wildman–Crippen LogP) is 3.13. The number of hydrogen-bond acceptors (Lipinski definition) is 4. The van der Waals surface area contributed by atoms with Gasteiger partial charge >= 0.3 is 0 Å². The fraction of sp³-hybridized carbons (Fsp3) is 0.562. The van der Waals surface area contributed by atoms with Crippen LogP contribution >= 0.6 is 23.7 Å². The summed E-state index contributed by atoms with van der Waals surface area (Å²) in [5.41, 5.74) is 7.22.